The van der Waals surface area contributed by atoms with E-state index >= 15 is 0 Å². The maximum absolute atomic E-state index is 11.7. The predicted octanol–water partition coefficient (Wildman–Crippen LogP) is 3.75. The lowest BCUT2D eigenvalue weighted by Crippen LogP contribution is -2.14. The summed E-state index contributed by atoms with van der Waals surface area (Å²) in [6.07, 6.45) is 0. The van der Waals surface area contributed by atoms with E-state index in [2.05, 4.69) is 31.9 Å². The van der Waals surface area contributed by atoms with Crippen molar-refractivity contribution >= 4 is 41.9 Å². The normalized spacial score (nSPS) is 11.4. The van der Waals surface area contributed by atoms with Crippen LogP contribution in [0.25, 0.3) is 0 Å². The van der Waals surface area contributed by atoms with Gasteiger partial charge in [0.15, 0.2) is 0 Å². The Labute approximate surface area is 140 Å². The van der Waals surface area contributed by atoms with Gasteiger partial charge in [0.2, 0.25) is 10.0 Å². The topological polar surface area (TPSA) is 69.4 Å². The van der Waals surface area contributed by atoms with Gasteiger partial charge in [-0.05, 0) is 30.7 Å². The molecule has 0 aliphatic carbocycles. The van der Waals surface area contributed by atoms with Crippen LogP contribution < -0.4 is 9.88 Å². The Balaban J connectivity index is 2.39. The van der Waals surface area contributed by atoms with Gasteiger partial charge < -0.3 is 4.74 Å². The van der Waals surface area contributed by atoms with Crippen molar-refractivity contribution in [3.8, 4) is 5.75 Å². The Morgan fingerprint density at radius 1 is 1.19 bits per heavy atom. The summed E-state index contributed by atoms with van der Waals surface area (Å²) < 4.78 is 30.7. The molecule has 0 radical (unpaired) electrons. The fraction of sp³-hybridized carbons (Fsp3) is 0.143. The van der Waals surface area contributed by atoms with Gasteiger partial charge >= 0.3 is 0 Å². The van der Waals surface area contributed by atoms with Crippen molar-refractivity contribution in [2.45, 2.75) is 18.4 Å². The lowest BCUT2D eigenvalue weighted by atomic mass is 10.2. The molecule has 0 aromatic heterocycles. The van der Waals surface area contributed by atoms with Crippen molar-refractivity contribution in [2.24, 2.45) is 5.14 Å². The molecule has 0 amide bonds. The first-order valence-corrected chi connectivity index (χ1v) is 9.11. The predicted molar refractivity (Wildman–Crippen MR) is 88.7 cm³/mol. The van der Waals surface area contributed by atoms with Crippen molar-refractivity contribution < 1.29 is 13.2 Å². The smallest absolute Gasteiger partial charge is 0.241 e. The first-order valence-electron chi connectivity index (χ1n) is 5.98. The zero-order valence-electron chi connectivity index (χ0n) is 11.1. The molecule has 0 aliphatic heterocycles. The van der Waals surface area contributed by atoms with Crippen molar-refractivity contribution in [1.82, 2.24) is 0 Å². The summed E-state index contributed by atoms with van der Waals surface area (Å²) in [5, 5.41) is 5.26. The fourth-order valence-electron chi connectivity index (χ4n) is 1.86. The first kappa shape index (κ1) is 16.5. The van der Waals surface area contributed by atoms with Crippen LogP contribution in [0.15, 0.2) is 50.2 Å². The minimum absolute atomic E-state index is 0.0265. The molecule has 112 valence electrons. The molecule has 0 unspecified atom stereocenters. The number of sulfonamides is 1. The highest BCUT2D eigenvalue weighted by atomic mass is 79.9. The quantitative estimate of drug-likeness (QED) is 0.796. The van der Waals surface area contributed by atoms with Gasteiger partial charge in [-0.15, -0.1) is 0 Å². The molecular weight excluding hydrogens is 422 g/mol. The third-order valence-electron chi connectivity index (χ3n) is 2.84. The Hall–Kier alpha value is -0.890. The van der Waals surface area contributed by atoms with E-state index < -0.39 is 10.0 Å². The van der Waals surface area contributed by atoms with Gasteiger partial charge in [0.05, 0.1) is 0 Å². The largest absolute Gasteiger partial charge is 0.487 e. The van der Waals surface area contributed by atoms with E-state index in [1.165, 1.54) is 6.07 Å². The van der Waals surface area contributed by atoms with Crippen LogP contribution in [-0.4, -0.2) is 8.42 Å². The molecule has 21 heavy (non-hydrogen) atoms. The average Bonchev–Trinajstić information content (AvgIpc) is 2.37. The van der Waals surface area contributed by atoms with Gasteiger partial charge in [-0.1, -0.05) is 50.1 Å². The van der Waals surface area contributed by atoms with Gasteiger partial charge in [0.25, 0.3) is 0 Å². The number of rotatable bonds is 4. The summed E-state index contributed by atoms with van der Waals surface area (Å²) in [5.41, 5.74) is 1.61. The fourth-order valence-corrected chi connectivity index (χ4v) is 3.75. The molecule has 7 heteroatoms. The van der Waals surface area contributed by atoms with Gasteiger partial charge in [0, 0.05) is 14.5 Å². The summed E-state index contributed by atoms with van der Waals surface area (Å²) in [6.45, 7) is 2.02. The van der Waals surface area contributed by atoms with Crippen LogP contribution in [0.4, 0.5) is 0 Å². The van der Waals surface area contributed by atoms with Crippen LogP contribution in [-0.2, 0) is 16.6 Å². The number of ether oxygens (including phenoxy) is 1. The number of benzene rings is 2. The standard InChI is InChI=1S/C14H13Br2NO3S/c1-9-6-11(15)7-13(21(17,18)19)14(9)20-8-10-4-2-3-5-12(10)16/h2-7H,8H2,1H3,(H2,17,18,19). The lowest BCUT2D eigenvalue weighted by molar-refractivity contribution is 0.295. The SMILES string of the molecule is Cc1cc(Br)cc(S(N)(=O)=O)c1OCc1ccccc1Br. The second-order valence-electron chi connectivity index (χ2n) is 4.48. The van der Waals surface area contributed by atoms with Gasteiger partial charge in [-0.25, -0.2) is 13.6 Å². The van der Waals surface area contributed by atoms with Crippen molar-refractivity contribution in [1.29, 1.82) is 0 Å². The third kappa shape index (κ3) is 4.06. The molecular formula is C14H13Br2NO3S. The highest BCUT2D eigenvalue weighted by Gasteiger charge is 2.19. The Bertz CT molecular complexity index is 776. The molecule has 0 saturated carbocycles. The second-order valence-corrected chi connectivity index (χ2v) is 7.77. The Morgan fingerprint density at radius 2 is 1.86 bits per heavy atom. The maximum atomic E-state index is 11.7. The molecule has 0 atom stereocenters. The maximum Gasteiger partial charge on any atom is 0.241 e. The Kier molecular flexibility index (Phi) is 5.08. The zero-order chi connectivity index (χ0) is 15.6. The van der Waals surface area contributed by atoms with Crippen LogP contribution >= 0.6 is 31.9 Å². The number of nitrogens with two attached hydrogens (primary N) is 1. The highest BCUT2D eigenvalue weighted by molar-refractivity contribution is 9.10. The molecule has 0 heterocycles. The number of primary sulfonamides is 1. The molecule has 0 aliphatic rings. The van der Waals surface area contributed by atoms with Gasteiger partial charge in [-0.2, -0.15) is 0 Å². The van der Waals surface area contributed by atoms with E-state index in [0.717, 1.165) is 10.0 Å². The Morgan fingerprint density at radius 3 is 2.48 bits per heavy atom. The van der Waals surface area contributed by atoms with Crippen LogP contribution in [0.5, 0.6) is 5.75 Å². The number of aryl methyl sites for hydroxylation is 1. The highest BCUT2D eigenvalue weighted by Crippen LogP contribution is 2.32. The summed E-state index contributed by atoms with van der Waals surface area (Å²) in [4.78, 5) is -0.0265. The summed E-state index contributed by atoms with van der Waals surface area (Å²) in [5.74, 6) is 0.274. The third-order valence-corrected chi connectivity index (χ3v) is 4.99. The van der Waals surface area contributed by atoms with Crippen molar-refractivity contribution in [3.63, 3.8) is 0 Å². The second kappa shape index (κ2) is 6.48. The monoisotopic (exact) mass is 433 g/mol. The van der Waals surface area contributed by atoms with Crippen LogP contribution in [0, 0.1) is 6.92 Å². The van der Waals surface area contributed by atoms with E-state index in [9.17, 15) is 8.42 Å². The molecule has 0 saturated heterocycles. The number of hydrogen-bond acceptors (Lipinski definition) is 3. The molecule has 2 N–H and O–H groups in total. The molecule has 0 spiro atoms. The van der Waals surface area contributed by atoms with Crippen LogP contribution in [0.2, 0.25) is 0 Å². The zero-order valence-corrected chi connectivity index (χ0v) is 15.1. The van der Waals surface area contributed by atoms with E-state index in [4.69, 9.17) is 9.88 Å². The lowest BCUT2D eigenvalue weighted by Gasteiger charge is -2.14. The van der Waals surface area contributed by atoms with Crippen LogP contribution in [0.1, 0.15) is 11.1 Å². The van der Waals surface area contributed by atoms with Gasteiger partial charge in [0.1, 0.15) is 17.3 Å². The first-order chi connectivity index (χ1) is 9.79. The minimum atomic E-state index is -3.86. The number of hydrogen-bond donors (Lipinski definition) is 1. The molecule has 0 fully saturated rings. The van der Waals surface area contributed by atoms with Crippen molar-refractivity contribution in [2.75, 3.05) is 0 Å². The molecule has 2 aromatic carbocycles. The molecule has 2 rings (SSSR count). The van der Waals surface area contributed by atoms with Crippen LogP contribution in [0.3, 0.4) is 0 Å². The molecule has 0 bridgehead atoms. The van der Waals surface area contributed by atoms with E-state index in [-0.39, 0.29) is 17.3 Å². The molecule has 2 aromatic rings. The molecule has 4 nitrogen and oxygen atoms in total. The van der Waals surface area contributed by atoms with E-state index in [0.29, 0.717) is 10.0 Å². The minimum Gasteiger partial charge on any atom is -0.487 e. The summed E-state index contributed by atoms with van der Waals surface area (Å²) in [6, 6.07) is 10.8. The van der Waals surface area contributed by atoms with E-state index in [1.54, 1.807) is 13.0 Å². The average molecular weight is 435 g/mol. The summed E-state index contributed by atoms with van der Waals surface area (Å²) >= 11 is 6.69. The number of halogens is 2. The summed E-state index contributed by atoms with van der Waals surface area (Å²) in [7, 11) is -3.86. The van der Waals surface area contributed by atoms with Gasteiger partial charge in [-0.3, -0.25) is 0 Å². The van der Waals surface area contributed by atoms with E-state index in [1.807, 2.05) is 24.3 Å². The van der Waals surface area contributed by atoms with Crippen molar-refractivity contribution in [3.05, 3.63) is 56.5 Å².